The zero-order chi connectivity index (χ0) is 10.7. The van der Waals surface area contributed by atoms with E-state index in [0.717, 1.165) is 12.1 Å². The van der Waals surface area contributed by atoms with Crippen molar-refractivity contribution < 1.29 is 22.7 Å². The number of hydrogen-bond donors (Lipinski definition) is 1. The molecule has 1 amide bonds. The van der Waals surface area contributed by atoms with Gasteiger partial charge in [0.2, 0.25) is 0 Å². The fraction of sp³-hybridized carbons (Fsp3) is 0.125. The molecule has 0 saturated carbocycles. The van der Waals surface area contributed by atoms with E-state index in [1.807, 2.05) is 0 Å². The Morgan fingerprint density at radius 3 is 2.21 bits per heavy atom. The van der Waals surface area contributed by atoms with Crippen LogP contribution in [0.4, 0.5) is 18.0 Å². The van der Waals surface area contributed by atoms with Crippen LogP contribution in [0.3, 0.4) is 0 Å². The third kappa shape index (κ3) is 2.38. The first-order chi connectivity index (χ1) is 6.50. The lowest BCUT2D eigenvalue weighted by molar-refractivity contribution is 0.150. The third-order valence-electron chi connectivity index (χ3n) is 1.42. The highest BCUT2D eigenvalue weighted by molar-refractivity contribution is 5.64. The zero-order valence-electron chi connectivity index (χ0n) is 6.89. The minimum absolute atomic E-state index is 0.0137. The van der Waals surface area contributed by atoms with Gasteiger partial charge >= 0.3 is 6.09 Å². The quantitative estimate of drug-likeness (QED) is 0.747. The molecule has 0 unspecified atom stereocenters. The lowest BCUT2D eigenvalue weighted by atomic mass is 10.2. The highest BCUT2D eigenvalue weighted by Gasteiger charge is 2.10. The van der Waals surface area contributed by atoms with E-state index in [9.17, 15) is 18.0 Å². The second kappa shape index (κ2) is 3.99. The number of hydrogen-bond acceptors (Lipinski definition) is 2. The van der Waals surface area contributed by atoms with Crippen LogP contribution < -0.4 is 5.73 Å². The summed E-state index contributed by atoms with van der Waals surface area (Å²) >= 11 is 0. The van der Waals surface area contributed by atoms with Crippen LogP contribution in [-0.4, -0.2) is 6.09 Å². The predicted molar refractivity (Wildman–Crippen MR) is 40.7 cm³/mol. The summed E-state index contributed by atoms with van der Waals surface area (Å²) in [5, 5.41) is 0. The maximum absolute atomic E-state index is 12.6. The number of carbonyl (C=O) groups is 1. The van der Waals surface area contributed by atoms with Crippen molar-refractivity contribution in [1.29, 1.82) is 0 Å². The van der Waals surface area contributed by atoms with Gasteiger partial charge in [-0.2, -0.15) is 0 Å². The highest BCUT2D eigenvalue weighted by Crippen LogP contribution is 2.14. The molecule has 0 bridgehead atoms. The van der Waals surface area contributed by atoms with E-state index in [1.54, 1.807) is 0 Å². The minimum atomic E-state index is -1.56. The summed E-state index contributed by atoms with van der Waals surface area (Å²) < 4.78 is 41.8. The SMILES string of the molecule is NC(=O)OCc1cc(F)c(F)c(F)c1. The van der Waals surface area contributed by atoms with E-state index in [-0.39, 0.29) is 5.56 Å². The summed E-state index contributed by atoms with van der Waals surface area (Å²) in [4.78, 5) is 10.1. The van der Waals surface area contributed by atoms with E-state index in [1.165, 1.54) is 0 Å². The van der Waals surface area contributed by atoms with Crippen LogP contribution in [0.15, 0.2) is 12.1 Å². The summed E-state index contributed by atoms with van der Waals surface area (Å²) in [6.45, 7) is -0.399. The van der Waals surface area contributed by atoms with E-state index < -0.39 is 30.2 Å². The average molecular weight is 205 g/mol. The molecule has 14 heavy (non-hydrogen) atoms. The Morgan fingerprint density at radius 2 is 1.79 bits per heavy atom. The number of carbonyl (C=O) groups excluding carboxylic acids is 1. The highest BCUT2D eigenvalue weighted by atomic mass is 19.2. The molecule has 0 spiro atoms. The molecule has 0 atom stereocenters. The van der Waals surface area contributed by atoms with Gasteiger partial charge in [-0.1, -0.05) is 0 Å². The van der Waals surface area contributed by atoms with Gasteiger partial charge < -0.3 is 10.5 Å². The van der Waals surface area contributed by atoms with Crippen LogP contribution in [-0.2, 0) is 11.3 Å². The van der Waals surface area contributed by atoms with Crippen LogP contribution in [0.25, 0.3) is 0 Å². The molecule has 0 saturated heterocycles. The van der Waals surface area contributed by atoms with Crippen molar-refractivity contribution in [2.24, 2.45) is 5.73 Å². The molecule has 0 aliphatic rings. The molecule has 3 nitrogen and oxygen atoms in total. The lowest BCUT2D eigenvalue weighted by Crippen LogP contribution is -2.12. The van der Waals surface area contributed by atoms with Gasteiger partial charge in [0.05, 0.1) is 0 Å². The maximum Gasteiger partial charge on any atom is 0.404 e. The van der Waals surface area contributed by atoms with Gasteiger partial charge in [-0.3, -0.25) is 0 Å². The third-order valence-corrected chi connectivity index (χ3v) is 1.42. The van der Waals surface area contributed by atoms with Crippen molar-refractivity contribution in [3.8, 4) is 0 Å². The number of nitrogens with two attached hydrogens (primary N) is 1. The van der Waals surface area contributed by atoms with Crippen molar-refractivity contribution in [2.75, 3.05) is 0 Å². The molecule has 0 fully saturated rings. The summed E-state index contributed by atoms with van der Waals surface area (Å²) in [5.41, 5.74) is 4.61. The number of halogens is 3. The molecule has 2 N–H and O–H groups in total. The second-order valence-corrected chi connectivity index (χ2v) is 2.48. The number of ether oxygens (including phenoxy) is 1. The van der Waals surface area contributed by atoms with Crippen molar-refractivity contribution in [2.45, 2.75) is 6.61 Å². The Kier molecular flexibility index (Phi) is 2.95. The molecule has 1 aromatic rings. The van der Waals surface area contributed by atoms with E-state index in [0.29, 0.717) is 0 Å². The number of primary amides is 1. The first-order valence-corrected chi connectivity index (χ1v) is 3.56. The van der Waals surface area contributed by atoms with Gasteiger partial charge in [-0.05, 0) is 17.7 Å². The van der Waals surface area contributed by atoms with Crippen LogP contribution in [0, 0.1) is 17.5 Å². The topological polar surface area (TPSA) is 52.3 Å². The summed E-state index contributed by atoms with van der Waals surface area (Å²) in [5.74, 6) is -4.24. The Balaban J connectivity index is 2.84. The normalized spacial score (nSPS) is 9.93. The van der Waals surface area contributed by atoms with Crippen molar-refractivity contribution in [3.05, 3.63) is 35.1 Å². The van der Waals surface area contributed by atoms with Crippen LogP contribution in [0.2, 0.25) is 0 Å². The van der Waals surface area contributed by atoms with Crippen LogP contribution >= 0.6 is 0 Å². The largest absolute Gasteiger partial charge is 0.445 e. The molecule has 1 aromatic carbocycles. The summed E-state index contributed by atoms with van der Waals surface area (Å²) in [6.07, 6.45) is -1.07. The molecule has 76 valence electrons. The van der Waals surface area contributed by atoms with E-state index in [2.05, 4.69) is 10.5 Å². The van der Waals surface area contributed by atoms with Gasteiger partial charge in [0.15, 0.2) is 17.5 Å². The fourth-order valence-electron chi connectivity index (χ4n) is 0.846. The molecule has 0 heterocycles. The fourth-order valence-corrected chi connectivity index (χ4v) is 0.846. The Hall–Kier alpha value is -1.72. The Labute approximate surface area is 77.3 Å². The first-order valence-electron chi connectivity index (χ1n) is 3.56. The number of amides is 1. The van der Waals surface area contributed by atoms with Gasteiger partial charge in [-0.15, -0.1) is 0 Å². The standard InChI is InChI=1S/C8H6F3NO2/c9-5-1-4(3-14-8(12)13)2-6(10)7(5)11/h1-2H,3H2,(H2,12,13). The van der Waals surface area contributed by atoms with E-state index in [4.69, 9.17) is 0 Å². The van der Waals surface area contributed by atoms with Gasteiger partial charge in [0.1, 0.15) is 6.61 Å². The molecular formula is C8H6F3NO2. The number of rotatable bonds is 2. The maximum atomic E-state index is 12.6. The Bertz CT molecular complexity index is 345. The second-order valence-electron chi connectivity index (χ2n) is 2.48. The lowest BCUT2D eigenvalue weighted by Gasteiger charge is -2.02. The van der Waals surface area contributed by atoms with E-state index >= 15 is 0 Å². The minimum Gasteiger partial charge on any atom is -0.445 e. The van der Waals surface area contributed by atoms with Crippen molar-refractivity contribution in [1.82, 2.24) is 0 Å². The molecule has 1 rings (SSSR count). The zero-order valence-corrected chi connectivity index (χ0v) is 6.89. The molecule has 0 aliphatic heterocycles. The molecule has 6 heteroatoms. The smallest absolute Gasteiger partial charge is 0.404 e. The molecule has 0 aromatic heterocycles. The van der Waals surface area contributed by atoms with Crippen molar-refractivity contribution >= 4 is 6.09 Å². The van der Waals surface area contributed by atoms with Crippen LogP contribution in [0.1, 0.15) is 5.56 Å². The number of benzene rings is 1. The van der Waals surface area contributed by atoms with Gasteiger partial charge in [0.25, 0.3) is 0 Å². The first kappa shape index (κ1) is 10.4. The predicted octanol–water partition coefficient (Wildman–Crippen LogP) is 1.70. The molecule has 0 radical (unpaired) electrons. The van der Waals surface area contributed by atoms with Gasteiger partial charge in [0, 0.05) is 0 Å². The van der Waals surface area contributed by atoms with Crippen molar-refractivity contribution in [3.63, 3.8) is 0 Å². The van der Waals surface area contributed by atoms with Gasteiger partial charge in [-0.25, -0.2) is 18.0 Å². The molecular weight excluding hydrogens is 199 g/mol. The summed E-state index contributed by atoms with van der Waals surface area (Å²) in [7, 11) is 0. The Morgan fingerprint density at radius 1 is 1.29 bits per heavy atom. The average Bonchev–Trinajstić information content (AvgIpc) is 2.10. The van der Waals surface area contributed by atoms with Crippen LogP contribution in [0.5, 0.6) is 0 Å². The monoisotopic (exact) mass is 205 g/mol. The summed E-state index contributed by atoms with van der Waals surface area (Å²) in [6, 6.07) is 1.45. The molecule has 0 aliphatic carbocycles.